The normalized spacial score (nSPS) is 11.5. The molecule has 0 bridgehead atoms. The number of benzene rings is 20. The Morgan fingerprint density at radius 2 is 0.562 bits per heavy atom. The average Bonchev–Trinajstić information content (AvgIpc) is 1.57. The topological polar surface area (TPSA) is 13.1 Å². The Balaban J connectivity index is 0.000000110. The first kappa shape index (κ1) is 93.1. The third kappa shape index (κ3) is 18.9. The van der Waals surface area contributed by atoms with Crippen molar-refractivity contribution < 1.29 is 4.42 Å². The van der Waals surface area contributed by atoms with Crippen LogP contribution in [0.2, 0.25) is 0 Å². The van der Waals surface area contributed by atoms with Crippen LogP contribution >= 0.6 is 11.3 Å². The van der Waals surface area contributed by atoms with Crippen molar-refractivity contribution >= 4 is 107 Å². The Kier molecular flexibility index (Phi) is 26.2. The van der Waals surface area contributed by atoms with Crippen molar-refractivity contribution in [2.75, 3.05) is 0 Å². The van der Waals surface area contributed by atoms with Gasteiger partial charge in [-0.3, -0.25) is 0 Å². The molecule has 0 aliphatic heterocycles. The van der Waals surface area contributed by atoms with Crippen molar-refractivity contribution in [1.82, 2.24) is 0 Å². The third-order valence-electron chi connectivity index (χ3n) is 30.0. The van der Waals surface area contributed by atoms with E-state index < -0.39 is 0 Å². The summed E-state index contributed by atoms with van der Waals surface area (Å²) in [6.07, 6.45) is 1.06. The van der Waals surface area contributed by atoms with E-state index in [1.165, 1.54) is 307 Å². The number of furan rings is 1. The van der Waals surface area contributed by atoms with Crippen molar-refractivity contribution in [2.24, 2.45) is 0 Å². The Morgan fingerprint density at radius 3 is 1.14 bits per heavy atom. The molecule has 0 atom stereocenters. The van der Waals surface area contributed by atoms with Gasteiger partial charge in [0.25, 0.3) is 0 Å². The van der Waals surface area contributed by atoms with E-state index in [0.29, 0.717) is 0 Å². The molecule has 0 N–H and O–H groups in total. The zero-order valence-electron chi connectivity index (χ0n) is 84.5. The van der Waals surface area contributed by atoms with Crippen LogP contribution in [0.1, 0.15) is 145 Å². The van der Waals surface area contributed by atoms with Gasteiger partial charge in [-0.25, -0.2) is 0 Å². The van der Waals surface area contributed by atoms with Crippen LogP contribution in [0.4, 0.5) is 0 Å². The molecule has 0 saturated heterocycles. The third-order valence-corrected chi connectivity index (χ3v) is 31.2. The van der Waals surface area contributed by atoms with Crippen LogP contribution < -0.4 is 0 Å². The summed E-state index contributed by atoms with van der Waals surface area (Å²) < 4.78 is 8.80. The molecule has 2 heteroatoms. The zero-order valence-corrected chi connectivity index (χ0v) is 85.4. The van der Waals surface area contributed by atoms with Crippen molar-refractivity contribution in [1.29, 1.82) is 0 Å². The Bertz CT molecular complexity index is 8270. The number of fused-ring (bicyclic) bond motifs is 18. The fourth-order valence-corrected chi connectivity index (χ4v) is 21.5. The van der Waals surface area contributed by atoms with Crippen molar-refractivity contribution in [3.63, 3.8) is 0 Å². The lowest BCUT2D eigenvalue weighted by molar-refractivity contribution is 0.669. The number of hydrogen-bond acceptors (Lipinski definition) is 2. The van der Waals surface area contributed by atoms with Crippen LogP contribution in [-0.4, -0.2) is 0 Å². The molecule has 1 nitrogen and oxygen atoms in total. The molecular weight excluding hydrogens is 1670 g/mol. The molecule has 137 heavy (non-hydrogen) atoms. The summed E-state index contributed by atoms with van der Waals surface area (Å²) in [6.45, 7) is 52.6. The van der Waals surface area contributed by atoms with Gasteiger partial charge in [0.15, 0.2) is 0 Å². The molecule has 0 unspecified atom stereocenters. The van der Waals surface area contributed by atoms with Crippen LogP contribution in [0.25, 0.3) is 174 Å². The van der Waals surface area contributed by atoms with Crippen LogP contribution in [0.5, 0.6) is 0 Å². The molecule has 0 fully saturated rings. The van der Waals surface area contributed by atoms with Crippen LogP contribution in [-0.2, 0) is 6.42 Å². The summed E-state index contributed by atoms with van der Waals surface area (Å²) in [5.74, 6) is 0. The number of thiophene rings is 1. The van der Waals surface area contributed by atoms with Gasteiger partial charge in [-0.1, -0.05) is 306 Å². The Hall–Kier alpha value is -14.3. The number of aryl methyl sites for hydroxylation is 18. The van der Waals surface area contributed by atoms with Gasteiger partial charge in [0.05, 0.1) is 0 Å². The van der Waals surface area contributed by atoms with E-state index in [1.54, 1.807) is 0 Å². The minimum Gasteiger partial charge on any atom is -0.456 e. The molecule has 0 spiro atoms. The average molecular weight is 1800 g/mol. The van der Waals surface area contributed by atoms with E-state index in [1.807, 2.05) is 11.3 Å². The molecule has 1 aliphatic rings. The van der Waals surface area contributed by atoms with E-state index in [0.717, 1.165) is 17.6 Å². The molecule has 1 aliphatic carbocycles. The summed E-state index contributed by atoms with van der Waals surface area (Å²) in [5.41, 5.74) is 55.7. The highest BCUT2D eigenvalue weighted by Gasteiger charge is 2.22. The van der Waals surface area contributed by atoms with E-state index in [9.17, 15) is 0 Å². The lowest BCUT2D eigenvalue weighted by Gasteiger charge is -2.16. The van der Waals surface area contributed by atoms with E-state index in [4.69, 9.17) is 4.42 Å². The van der Waals surface area contributed by atoms with E-state index >= 15 is 0 Å². The quantitative estimate of drug-likeness (QED) is 0.151. The van der Waals surface area contributed by atoms with Gasteiger partial charge < -0.3 is 4.42 Å². The number of hydrogen-bond donors (Lipinski definition) is 0. The van der Waals surface area contributed by atoms with Gasteiger partial charge in [0.2, 0.25) is 0 Å². The maximum atomic E-state index is 6.05. The molecule has 23 rings (SSSR count). The lowest BCUT2D eigenvalue weighted by atomic mass is 9.88. The molecule has 0 saturated carbocycles. The second-order valence-electron chi connectivity index (χ2n) is 39.6. The fourth-order valence-electron chi connectivity index (χ4n) is 20.4. The highest BCUT2D eigenvalue weighted by Crippen LogP contribution is 2.45. The molecule has 22 aromatic rings. The SMILES string of the molecule is Cc1ccc2c(c1)-c1ccc(-c3cc(C)c(C)c(C)c3)cc1C2.Cc1ccc2c3ccccc3c3c(C)c(C)c(C)cc3c2c1.Cc1ccc2ccc3c(C)c(C)c(C)cc3c2c1.Cc1ccc2oc3cc(-c4cc(C)c(C)c(C)c4)ccc3c2c1.Cc1ccc2sc3cc(-c4cc(C)c(C)c(C)c4)ccc3c2c1.Cc1cccc(-c2ccc(-c3ccc(-c4cc(C)c(C)c(C)c4)cc3)cc2)c1. The maximum absolute atomic E-state index is 6.05. The Labute approximate surface area is 816 Å². The maximum Gasteiger partial charge on any atom is 0.136 e. The minimum atomic E-state index is 0.957. The summed E-state index contributed by atoms with van der Waals surface area (Å²) in [6, 6.07) is 117. The summed E-state index contributed by atoms with van der Waals surface area (Å²) in [7, 11) is 0. The monoisotopic (exact) mass is 1790 g/mol. The van der Waals surface area contributed by atoms with Crippen molar-refractivity contribution in [2.45, 2.75) is 173 Å². The predicted octanol–water partition coefficient (Wildman–Crippen LogP) is 39.1. The minimum absolute atomic E-state index is 0.957. The standard InChI is InChI=1S/C28H26.C23H22.C22H20O.C22H20S.C22H20.C18H18/c1-19-6-5-7-27(16-19)25-12-8-23(9-13-25)24-10-14-26(15-11-24)28-17-20(2)22(4)21(3)18-28;1-14-5-6-19-13-21-12-18(7-8-22(21)23(19)9-14)20-10-15(2)17(4)16(3)11-20;2*1-13-5-8-21-20(9-13)19-7-6-17(12-22(19)23-21)18-10-14(2)16(4)15(3)11-18;1-13-9-10-18-17-7-5-6-8-19(17)22-16(4)15(3)14(2)12-21(22)20(18)11-13;1-11-5-6-15-7-8-16-14(4)13(3)12(2)10-18(16)17(15)9-11/h5-18H,1-4H3;5-12H,13H2,1-4H3;2*5-12H,1-4H3;5-12H,1-4H3;5-10H,1-4H3. The molecule has 678 valence electrons. The van der Waals surface area contributed by atoms with Crippen molar-refractivity contribution in [3.8, 4) is 77.9 Å². The molecule has 20 aromatic carbocycles. The smallest absolute Gasteiger partial charge is 0.136 e. The van der Waals surface area contributed by atoms with Gasteiger partial charge in [-0.2, -0.15) is 0 Å². The zero-order chi connectivity index (χ0) is 96.4. The molecular formula is C135H126OS. The molecule has 0 amide bonds. The Morgan fingerprint density at radius 1 is 0.175 bits per heavy atom. The first-order valence-electron chi connectivity index (χ1n) is 48.7. The van der Waals surface area contributed by atoms with Crippen LogP contribution in [0, 0.1) is 166 Å². The summed E-state index contributed by atoms with van der Waals surface area (Å²) in [4.78, 5) is 0. The molecule has 0 radical (unpaired) electrons. The first-order valence-corrected chi connectivity index (χ1v) is 49.5. The summed E-state index contributed by atoms with van der Waals surface area (Å²) >= 11 is 1.89. The first-order chi connectivity index (χ1) is 65.7. The highest BCUT2D eigenvalue weighted by atomic mass is 32.1. The second kappa shape index (κ2) is 38.5. The van der Waals surface area contributed by atoms with Gasteiger partial charge in [0, 0.05) is 30.9 Å². The lowest BCUT2D eigenvalue weighted by Crippen LogP contribution is -1.92. The van der Waals surface area contributed by atoms with Crippen LogP contribution in [0.3, 0.4) is 0 Å². The van der Waals surface area contributed by atoms with Gasteiger partial charge >= 0.3 is 0 Å². The van der Waals surface area contributed by atoms with E-state index in [2.05, 4.69) is 482 Å². The molecule has 2 heterocycles. The van der Waals surface area contributed by atoms with E-state index in [-0.39, 0.29) is 0 Å². The van der Waals surface area contributed by atoms with Gasteiger partial charge in [-0.15, -0.1) is 11.3 Å². The van der Waals surface area contributed by atoms with Gasteiger partial charge in [0.1, 0.15) is 11.2 Å². The number of rotatable bonds is 6. The van der Waals surface area contributed by atoms with Crippen molar-refractivity contribution in [3.05, 3.63) is 460 Å². The van der Waals surface area contributed by atoms with Gasteiger partial charge in [-0.05, 0) is 458 Å². The largest absolute Gasteiger partial charge is 0.456 e. The second-order valence-corrected chi connectivity index (χ2v) is 40.7. The predicted molar refractivity (Wildman–Crippen MR) is 601 cm³/mol. The molecule has 2 aromatic heterocycles. The fraction of sp³-hybridized carbons (Fsp3) is 0.185. The summed E-state index contributed by atoms with van der Waals surface area (Å²) in [5, 5.41) is 18.9. The van der Waals surface area contributed by atoms with Crippen LogP contribution in [0.15, 0.2) is 320 Å². The highest BCUT2D eigenvalue weighted by molar-refractivity contribution is 7.25.